The van der Waals surface area contributed by atoms with E-state index in [-0.39, 0.29) is 13.2 Å². The van der Waals surface area contributed by atoms with Crippen molar-refractivity contribution in [2.45, 2.75) is 52.4 Å². The number of nitrogens with zero attached hydrogens (tertiary/aromatic N) is 8. The van der Waals surface area contributed by atoms with E-state index >= 15 is 0 Å². The molecule has 2 saturated heterocycles. The minimum absolute atomic E-state index is 0.290. The van der Waals surface area contributed by atoms with Crippen molar-refractivity contribution in [1.82, 2.24) is 20.4 Å². The Morgan fingerprint density at radius 1 is 0.538 bits per heavy atom. The van der Waals surface area contributed by atoms with E-state index in [0.717, 1.165) is 110 Å². The molecule has 2 aliphatic heterocycles. The summed E-state index contributed by atoms with van der Waals surface area (Å²) in [7, 11) is 0. The summed E-state index contributed by atoms with van der Waals surface area (Å²) in [6, 6.07) is 23.9. The van der Waals surface area contributed by atoms with Crippen LogP contribution in [-0.2, 0) is 9.68 Å². The highest BCUT2D eigenvalue weighted by molar-refractivity contribution is 5.79. The topological polar surface area (TPSA) is 120 Å². The van der Waals surface area contributed by atoms with Gasteiger partial charge in [-0.2, -0.15) is 10.2 Å². The number of rotatable bonds is 17. The van der Waals surface area contributed by atoms with Crippen molar-refractivity contribution < 1.29 is 19.1 Å². The summed E-state index contributed by atoms with van der Waals surface area (Å²) >= 11 is 0. The second-order valence-electron chi connectivity index (χ2n) is 13.5. The molecule has 0 bridgehead atoms. The molecule has 2 fully saturated rings. The van der Waals surface area contributed by atoms with E-state index in [2.05, 4.69) is 52.6 Å². The van der Waals surface area contributed by atoms with Crippen LogP contribution in [0.15, 0.2) is 83.1 Å². The van der Waals surface area contributed by atoms with Gasteiger partial charge in [0.15, 0.2) is 24.8 Å². The number of benzene rings is 2. The van der Waals surface area contributed by atoms with Crippen molar-refractivity contribution in [3.05, 3.63) is 95.3 Å². The van der Waals surface area contributed by atoms with Crippen LogP contribution in [0.5, 0.6) is 11.5 Å². The quantitative estimate of drug-likeness (QED) is 0.0670. The Bertz CT molecular complexity index is 1540. The third-order valence-electron chi connectivity index (χ3n) is 9.61. The standard InChI is InChI=1S/C40H50N8O4/c1-31-3-13-39(45-43-31)47-21-15-33(16-22-47)19-25-49-37-9-5-35(6-10-37)29-41-51-27-28-52-42-30-36-7-11-38(12-8-36)50-26-20-34-17-23-48(24-18-34)40-14-4-32(2)44-46-40/h3-14,29-30,33-34H,15-28H2,1-2H3. The number of anilines is 2. The first-order chi connectivity index (χ1) is 25.6. The van der Waals surface area contributed by atoms with E-state index in [0.29, 0.717) is 25.0 Å². The third kappa shape index (κ3) is 11.6. The zero-order chi connectivity index (χ0) is 35.8. The van der Waals surface area contributed by atoms with Crippen LogP contribution >= 0.6 is 0 Å². The average Bonchev–Trinajstić information content (AvgIpc) is 3.18. The first-order valence-electron chi connectivity index (χ1n) is 18.4. The molecule has 52 heavy (non-hydrogen) atoms. The van der Waals surface area contributed by atoms with Gasteiger partial charge in [0.2, 0.25) is 0 Å². The fourth-order valence-corrected chi connectivity index (χ4v) is 6.39. The number of piperidine rings is 2. The summed E-state index contributed by atoms with van der Waals surface area (Å²) in [6.07, 6.45) is 10.0. The highest BCUT2D eigenvalue weighted by Gasteiger charge is 2.21. The van der Waals surface area contributed by atoms with Gasteiger partial charge in [-0.1, -0.05) is 10.3 Å². The van der Waals surface area contributed by atoms with Gasteiger partial charge in [-0.15, -0.1) is 10.2 Å². The van der Waals surface area contributed by atoms with Gasteiger partial charge in [-0.05, 0) is 148 Å². The molecule has 0 atom stereocenters. The number of oxime groups is 2. The van der Waals surface area contributed by atoms with E-state index in [4.69, 9.17) is 19.1 Å². The van der Waals surface area contributed by atoms with E-state index in [1.807, 2.05) is 74.5 Å². The zero-order valence-corrected chi connectivity index (χ0v) is 30.3. The number of hydrogen-bond acceptors (Lipinski definition) is 12. The minimum atomic E-state index is 0.290. The molecule has 0 amide bonds. The molecule has 274 valence electrons. The first-order valence-corrected chi connectivity index (χ1v) is 18.4. The lowest BCUT2D eigenvalue weighted by Crippen LogP contribution is -2.34. The van der Waals surface area contributed by atoms with E-state index in [1.54, 1.807) is 12.4 Å². The molecule has 0 unspecified atom stereocenters. The van der Waals surface area contributed by atoms with E-state index in [1.165, 1.54) is 0 Å². The fraction of sp³-hybridized carbons (Fsp3) is 0.450. The molecule has 12 nitrogen and oxygen atoms in total. The summed E-state index contributed by atoms with van der Waals surface area (Å²) in [4.78, 5) is 15.3. The molecule has 0 saturated carbocycles. The maximum atomic E-state index is 6.01. The third-order valence-corrected chi connectivity index (χ3v) is 9.61. The second kappa shape index (κ2) is 19.4. The molecule has 0 radical (unpaired) electrons. The van der Waals surface area contributed by atoms with Gasteiger partial charge < -0.3 is 28.9 Å². The van der Waals surface area contributed by atoms with Gasteiger partial charge in [0, 0.05) is 26.2 Å². The van der Waals surface area contributed by atoms with E-state index < -0.39 is 0 Å². The van der Waals surface area contributed by atoms with Crippen LogP contribution in [0.3, 0.4) is 0 Å². The minimum Gasteiger partial charge on any atom is -0.494 e. The molecule has 12 heteroatoms. The predicted octanol–water partition coefficient (Wildman–Crippen LogP) is 6.66. The predicted molar refractivity (Wildman–Crippen MR) is 204 cm³/mol. The highest BCUT2D eigenvalue weighted by Crippen LogP contribution is 2.26. The Labute approximate surface area is 306 Å². The summed E-state index contributed by atoms with van der Waals surface area (Å²) in [5.41, 5.74) is 3.75. The van der Waals surface area contributed by atoms with Crippen molar-refractivity contribution in [2.24, 2.45) is 22.1 Å². The Morgan fingerprint density at radius 2 is 0.942 bits per heavy atom. The summed E-state index contributed by atoms with van der Waals surface area (Å²) in [5.74, 6) is 4.99. The lowest BCUT2D eigenvalue weighted by Gasteiger charge is -2.32. The molecular weight excluding hydrogens is 656 g/mol. The first kappa shape index (κ1) is 36.5. The van der Waals surface area contributed by atoms with Crippen LogP contribution in [0.25, 0.3) is 0 Å². The van der Waals surface area contributed by atoms with Gasteiger partial charge >= 0.3 is 0 Å². The van der Waals surface area contributed by atoms with Crippen molar-refractivity contribution in [3.63, 3.8) is 0 Å². The fourth-order valence-electron chi connectivity index (χ4n) is 6.39. The lowest BCUT2D eigenvalue weighted by molar-refractivity contribution is 0.0553. The SMILES string of the molecule is Cc1ccc(N2CCC(CCOc3ccc(C=NOCCON=Cc4ccc(OCCC5CCN(c6ccc(C)nn6)CC5)cc4)cc3)CC2)nn1. The molecule has 0 spiro atoms. The van der Waals surface area contributed by atoms with Crippen LogP contribution in [0.1, 0.15) is 61.0 Å². The number of hydrogen-bond donors (Lipinski definition) is 0. The Kier molecular flexibility index (Phi) is 13.6. The number of aromatic nitrogens is 4. The molecular formula is C40H50N8O4. The largest absolute Gasteiger partial charge is 0.494 e. The molecule has 0 N–H and O–H groups in total. The Balaban J connectivity index is 0.775. The summed E-state index contributed by atoms with van der Waals surface area (Å²) in [6.45, 7) is 9.97. The van der Waals surface area contributed by atoms with Crippen molar-refractivity contribution >= 4 is 24.1 Å². The Morgan fingerprint density at radius 3 is 1.31 bits per heavy atom. The Hall–Kier alpha value is -5.26. The number of ether oxygens (including phenoxy) is 2. The van der Waals surface area contributed by atoms with Crippen LogP contribution in [0, 0.1) is 25.7 Å². The molecule has 4 heterocycles. The summed E-state index contributed by atoms with van der Waals surface area (Å²) in [5, 5.41) is 25.1. The highest BCUT2D eigenvalue weighted by atomic mass is 16.7. The number of aryl methyl sites for hydroxylation is 2. The van der Waals surface area contributed by atoms with Crippen LogP contribution in [0.4, 0.5) is 11.6 Å². The summed E-state index contributed by atoms with van der Waals surface area (Å²) < 4.78 is 12.0. The molecule has 2 aromatic carbocycles. The monoisotopic (exact) mass is 706 g/mol. The van der Waals surface area contributed by atoms with Gasteiger partial charge in [-0.25, -0.2) is 0 Å². The van der Waals surface area contributed by atoms with Crippen LogP contribution < -0.4 is 19.3 Å². The van der Waals surface area contributed by atoms with Crippen LogP contribution in [0.2, 0.25) is 0 Å². The molecule has 2 aromatic heterocycles. The normalized spacial score (nSPS) is 15.7. The van der Waals surface area contributed by atoms with Gasteiger partial charge in [0.1, 0.15) is 11.5 Å². The molecule has 6 rings (SSSR count). The van der Waals surface area contributed by atoms with Crippen molar-refractivity contribution in [3.8, 4) is 11.5 Å². The van der Waals surface area contributed by atoms with Crippen LogP contribution in [-0.4, -0.2) is 85.4 Å². The molecule has 4 aromatic rings. The molecule has 2 aliphatic rings. The zero-order valence-electron chi connectivity index (χ0n) is 30.3. The van der Waals surface area contributed by atoms with Crippen molar-refractivity contribution in [2.75, 3.05) is 62.4 Å². The van der Waals surface area contributed by atoms with E-state index in [9.17, 15) is 0 Å². The maximum absolute atomic E-state index is 6.01. The molecule has 0 aliphatic carbocycles. The van der Waals surface area contributed by atoms with Crippen molar-refractivity contribution in [1.29, 1.82) is 0 Å². The van der Waals surface area contributed by atoms with Gasteiger partial charge in [0.05, 0.1) is 37.0 Å². The smallest absolute Gasteiger partial charge is 0.153 e. The van der Waals surface area contributed by atoms with Gasteiger partial charge in [-0.3, -0.25) is 0 Å². The maximum Gasteiger partial charge on any atom is 0.153 e. The van der Waals surface area contributed by atoms with Gasteiger partial charge in [0.25, 0.3) is 0 Å². The second-order valence-corrected chi connectivity index (χ2v) is 13.5. The average molecular weight is 707 g/mol. The lowest BCUT2D eigenvalue weighted by atomic mass is 9.94.